The van der Waals surface area contributed by atoms with E-state index in [9.17, 15) is 5.21 Å². The minimum atomic E-state index is 0.434. The molecule has 2 rings (SSSR count). The van der Waals surface area contributed by atoms with Crippen LogP contribution in [0.15, 0.2) is 42.6 Å². The molecule has 0 amide bonds. The Kier molecular flexibility index (Phi) is 2.57. The van der Waals surface area contributed by atoms with Gasteiger partial charge in [-0.3, -0.25) is 0 Å². The molecular weight excluding hydrogens is 200 g/mol. The van der Waals surface area contributed by atoms with E-state index in [4.69, 9.17) is 5.26 Å². The number of benzene rings is 1. The summed E-state index contributed by atoms with van der Waals surface area (Å²) in [7, 11) is 0. The van der Waals surface area contributed by atoms with Gasteiger partial charge >= 0.3 is 0 Å². The van der Waals surface area contributed by atoms with Crippen molar-refractivity contribution >= 4 is 0 Å². The molecule has 78 valence electrons. The summed E-state index contributed by atoms with van der Waals surface area (Å²) in [6, 6.07) is 13.3. The van der Waals surface area contributed by atoms with Crippen molar-refractivity contribution in [2.75, 3.05) is 0 Å². The second kappa shape index (κ2) is 4.03. The van der Waals surface area contributed by atoms with Gasteiger partial charge in [-0.05, 0) is 5.56 Å². The van der Waals surface area contributed by atoms with Crippen LogP contribution in [-0.2, 0) is 0 Å². The van der Waals surface area contributed by atoms with E-state index < -0.39 is 0 Å². The van der Waals surface area contributed by atoms with Crippen LogP contribution >= 0.6 is 0 Å². The van der Waals surface area contributed by atoms with Gasteiger partial charge in [0, 0.05) is 18.6 Å². The zero-order valence-corrected chi connectivity index (χ0v) is 8.84. The molecule has 0 spiro atoms. The molecule has 3 nitrogen and oxygen atoms in total. The van der Waals surface area contributed by atoms with Crippen LogP contribution in [0.4, 0.5) is 0 Å². The zero-order chi connectivity index (χ0) is 11.5. The molecule has 0 fully saturated rings. The monoisotopic (exact) mass is 210 g/mol. The SMILES string of the molecule is Cc1c(C#N)c(-c2ccccc2)cc[n+]1[O-]. The lowest BCUT2D eigenvalue weighted by Crippen LogP contribution is -2.30. The lowest BCUT2D eigenvalue weighted by molar-refractivity contribution is -0.612. The fourth-order valence-electron chi connectivity index (χ4n) is 1.64. The van der Waals surface area contributed by atoms with Crippen molar-refractivity contribution in [2.24, 2.45) is 0 Å². The third-order valence-corrected chi connectivity index (χ3v) is 2.53. The van der Waals surface area contributed by atoms with Gasteiger partial charge in [0.05, 0.1) is 0 Å². The van der Waals surface area contributed by atoms with Crippen molar-refractivity contribution in [1.82, 2.24) is 0 Å². The first-order valence-electron chi connectivity index (χ1n) is 4.92. The van der Waals surface area contributed by atoms with E-state index in [-0.39, 0.29) is 0 Å². The second-order valence-electron chi connectivity index (χ2n) is 3.49. The molecule has 1 heterocycles. The van der Waals surface area contributed by atoms with E-state index in [1.54, 1.807) is 13.0 Å². The van der Waals surface area contributed by atoms with Crippen molar-refractivity contribution in [2.45, 2.75) is 6.92 Å². The topological polar surface area (TPSA) is 50.7 Å². The van der Waals surface area contributed by atoms with Gasteiger partial charge in [0.15, 0.2) is 6.20 Å². The summed E-state index contributed by atoms with van der Waals surface area (Å²) in [5.41, 5.74) is 2.61. The van der Waals surface area contributed by atoms with Gasteiger partial charge in [-0.25, -0.2) is 0 Å². The Hall–Kier alpha value is -2.34. The third kappa shape index (κ3) is 1.61. The molecule has 0 saturated heterocycles. The van der Waals surface area contributed by atoms with E-state index in [1.807, 2.05) is 30.3 Å². The predicted molar refractivity (Wildman–Crippen MR) is 60.3 cm³/mol. The molecule has 0 atom stereocenters. The Morgan fingerprint density at radius 1 is 1.19 bits per heavy atom. The van der Waals surface area contributed by atoms with Crippen LogP contribution in [0.5, 0.6) is 0 Å². The number of nitriles is 1. The first kappa shape index (κ1) is 10.2. The van der Waals surface area contributed by atoms with Crippen LogP contribution in [0, 0.1) is 23.5 Å². The quantitative estimate of drug-likeness (QED) is 0.535. The minimum absolute atomic E-state index is 0.434. The van der Waals surface area contributed by atoms with Crippen LogP contribution in [0.1, 0.15) is 11.3 Å². The summed E-state index contributed by atoms with van der Waals surface area (Å²) in [6.07, 6.45) is 1.43. The summed E-state index contributed by atoms with van der Waals surface area (Å²) in [6.45, 7) is 1.65. The van der Waals surface area contributed by atoms with Gasteiger partial charge in [-0.1, -0.05) is 30.3 Å². The molecular formula is C13H10N2O. The van der Waals surface area contributed by atoms with Crippen LogP contribution in [0.3, 0.4) is 0 Å². The molecule has 16 heavy (non-hydrogen) atoms. The Bertz CT molecular complexity index is 556. The fraction of sp³-hybridized carbons (Fsp3) is 0.0769. The Balaban J connectivity index is 2.68. The highest BCUT2D eigenvalue weighted by Crippen LogP contribution is 2.23. The average Bonchev–Trinajstić information content (AvgIpc) is 2.33. The molecule has 0 saturated carbocycles. The first-order chi connectivity index (χ1) is 7.74. The smallest absolute Gasteiger partial charge is 0.208 e. The maximum atomic E-state index is 11.3. The number of hydrogen-bond acceptors (Lipinski definition) is 2. The summed E-state index contributed by atoms with van der Waals surface area (Å²) >= 11 is 0. The molecule has 0 aliphatic heterocycles. The second-order valence-corrected chi connectivity index (χ2v) is 3.49. The summed E-state index contributed by atoms with van der Waals surface area (Å²) in [4.78, 5) is 0. The zero-order valence-electron chi connectivity index (χ0n) is 8.84. The summed E-state index contributed by atoms with van der Waals surface area (Å²) in [5, 5.41) is 20.4. The van der Waals surface area contributed by atoms with E-state index in [0.29, 0.717) is 16.0 Å². The van der Waals surface area contributed by atoms with E-state index >= 15 is 0 Å². The summed E-state index contributed by atoms with van der Waals surface area (Å²) < 4.78 is 0.713. The van der Waals surface area contributed by atoms with Gasteiger partial charge in [-0.2, -0.15) is 9.99 Å². The van der Waals surface area contributed by atoms with Crippen molar-refractivity contribution < 1.29 is 4.73 Å². The maximum absolute atomic E-state index is 11.3. The fourth-order valence-corrected chi connectivity index (χ4v) is 1.64. The predicted octanol–water partition coefficient (Wildman–Crippen LogP) is 2.17. The van der Waals surface area contributed by atoms with Crippen LogP contribution in [-0.4, -0.2) is 0 Å². The Morgan fingerprint density at radius 2 is 1.88 bits per heavy atom. The molecule has 0 bridgehead atoms. The van der Waals surface area contributed by atoms with Gasteiger partial charge in [0.25, 0.3) is 0 Å². The number of rotatable bonds is 1. The molecule has 0 N–H and O–H groups in total. The van der Waals surface area contributed by atoms with Crippen molar-refractivity contribution in [1.29, 1.82) is 5.26 Å². The van der Waals surface area contributed by atoms with Gasteiger partial charge in [0.2, 0.25) is 5.69 Å². The van der Waals surface area contributed by atoms with E-state index in [2.05, 4.69) is 6.07 Å². The third-order valence-electron chi connectivity index (χ3n) is 2.53. The molecule has 3 heteroatoms. The van der Waals surface area contributed by atoms with Crippen LogP contribution < -0.4 is 4.73 Å². The van der Waals surface area contributed by atoms with Gasteiger partial charge in [-0.15, -0.1) is 0 Å². The van der Waals surface area contributed by atoms with Crippen molar-refractivity contribution in [3.05, 3.63) is 59.1 Å². The molecule has 2 aromatic rings. The Morgan fingerprint density at radius 3 is 2.50 bits per heavy atom. The highest BCUT2D eigenvalue weighted by Gasteiger charge is 2.13. The normalized spacial score (nSPS) is 9.75. The molecule has 1 aromatic carbocycles. The molecule has 0 unspecified atom stereocenters. The number of pyridine rings is 1. The highest BCUT2D eigenvalue weighted by atomic mass is 16.5. The van der Waals surface area contributed by atoms with E-state index in [1.165, 1.54) is 6.20 Å². The molecule has 1 aromatic heterocycles. The maximum Gasteiger partial charge on any atom is 0.208 e. The standard InChI is InChI=1S/C13H10N2O/c1-10-13(9-14)12(7-8-15(10)16)11-5-3-2-4-6-11/h2-8H,1H3. The first-order valence-corrected chi connectivity index (χ1v) is 4.92. The van der Waals surface area contributed by atoms with Gasteiger partial charge in [0.1, 0.15) is 11.6 Å². The van der Waals surface area contributed by atoms with E-state index in [0.717, 1.165) is 11.1 Å². The number of aromatic nitrogens is 1. The summed E-state index contributed by atoms with van der Waals surface area (Å²) in [5.74, 6) is 0. The molecule has 0 aliphatic rings. The number of hydrogen-bond donors (Lipinski definition) is 0. The lowest BCUT2D eigenvalue weighted by atomic mass is 10.0. The van der Waals surface area contributed by atoms with Crippen LogP contribution in [0.2, 0.25) is 0 Å². The molecule has 0 radical (unpaired) electrons. The lowest BCUT2D eigenvalue weighted by Gasteiger charge is -2.07. The largest absolute Gasteiger partial charge is 0.618 e. The number of nitrogens with zero attached hydrogens (tertiary/aromatic N) is 2. The van der Waals surface area contributed by atoms with Crippen molar-refractivity contribution in [3.8, 4) is 17.2 Å². The van der Waals surface area contributed by atoms with Crippen molar-refractivity contribution in [3.63, 3.8) is 0 Å². The highest BCUT2D eigenvalue weighted by molar-refractivity contribution is 5.70. The molecule has 0 aliphatic carbocycles. The Labute approximate surface area is 93.8 Å². The minimum Gasteiger partial charge on any atom is -0.618 e. The average molecular weight is 210 g/mol. The van der Waals surface area contributed by atoms with Gasteiger partial charge < -0.3 is 5.21 Å². The van der Waals surface area contributed by atoms with Crippen LogP contribution in [0.25, 0.3) is 11.1 Å².